The third-order valence-corrected chi connectivity index (χ3v) is 3.46. The lowest BCUT2D eigenvalue weighted by atomic mass is 10.1. The van der Waals surface area contributed by atoms with E-state index >= 15 is 0 Å². The Morgan fingerprint density at radius 1 is 1.17 bits per heavy atom. The highest BCUT2D eigenvalue weighted by atomic mass is 16.5. The van der Waals surface area contributed by atoms with Crippen LogP contribution in [0.25, 0.3) is 0 Å². The molecule has 1 heterocycles. The van der Waals surface area contributed by atoms with Crippen molar-refractivity contribution in [3.05, 3.63) is 59.9 Å². The topological polar surface area (TPSA) is 58.5 Å². The number of hydrogen-bond donors (Lipinski definition) is 2. The van der Waals surface area contributed by atoms with Crippen molar-refractivity contribution in [2.75, 3.05) is 20.7 Å². The Morgan fingerprint density at radius 3 is 2.83 bits per heavy atom. The van der Waals surface area contributed by atoms with E-state index in [-0.39, 0.29) is 0 Å². The van der Waals surface area contributed by atoms with E-state index in [9.17, 15) is 0 Å². The first-order valence-electron chi connectivity index (χ1n) is 7.79. The third-order valence-electron chi connectivity index (χ3n) is 3.46. The number of aromatic nitrogens is 1. The molecule has 0 aliphatic rings. The van der Waals surface area contributed by atoms with E-state index in [1.807, 2.05) is 30.3 Å². The minimum absolute atomic E-state index is 0.663. The number of ether oxygens (including phenoxy) is 1. The highest BCUT2D eigenvalue weighted by Crippen LogP contribution is 2.13. The number of aliphatic imine (C=N–C) groups is 1. The van der Waals surface area contributed by atoms with Crippen molar-refractivity contribution in [2.24, 2.45) is 4.99 Å². The van der Waals surface area contributed by atoms with Crippen molar-refractivity contribution < 1.29 is 4.74 Å². The molecule has 23 heavy (non-hydrogen) atoms. The van der Waals surface area contributed by atoms with E-state index in [0.29, 0.717) is 6.54 Å². The van der Waals surface area contributed by atoms with E-state index < -0.39 is 0 Å². The first-order valence-corrected chi connectivity index (χ1v) is 7.79. The van der Waals surface area contributed by atoms with Gasteiger partial charge in [-0.25, -0.2) is 0 Å². The monoisotopic (exact) mass is 312 g/mol. The second-order valence-corrected chi connectivity index (χ2v) is 5.13. The number of nitrogens with one attached hydrogen (secondary N) is 2. The third kappa shape index (κ3) is 5.98. The number of pyridine rings is 1. The number of aryl methyl sites for hydroxylation is 1. The summed E-state index contributed by atoms with van der Waals surface area (Å²) in [5, 5.41) is 6.58. The van der Waals surface area contributed by atoms with Crippen molar-refractivity contribution in [3.63, 3.8) is 0 Å². The molecule has 2 N–H and O–H groups in total. The van der Waals surface area contributed by atoms with Crippen molar-refractivity contribution in [3.8, 4) is 5.75 Å². The Bertz CT molecular complexity index is 613. The first kappa shape index (κ1) is 16.8. The Balaban J connectivity index is 1.69. The van der Waals surface area contributed by atoms with Crippen LogP contribution in [0, 0.1) is 0 Å². The Morgan fingerprint density at radius 2 is 2.09 bits per heavy atom. The van der Waals surface area contributed by atoms with Crippen LogP contribution < -0.4 is 15.4 Å². The molecular weight excluding hydrogens is 288 g/mol. The second kappa shape index (κ2) is 9.46. The van der Waals surface area contributed by atoms with Gasteiger partial charge >= 0.3 is 0 Å². The zero-order valence-corrected chi connectivity index (χ0v) is 13.7. The normalized spacial score (nSPS) is 11.1. The molecule has 2 aromatic rings. The van der Waals surface area contributed by atoms with Crippen LogP contribution in [0.5, 0.6) is 5.75 Å². The molecular formula is C18H24N4O. The predicted octanol–water partition coefficient (Wildman–Crippen LogP) is 2.39. The number of hydrogen-bond acceptors (Lipinski definition) is 3. The quantitative estimate of drug-likeness (QED) is 0.468. The Labute approximate surface area is 137 Å². The maximum Gasteiger partial charge on any atom is 0.191 e. The van der Waals surface area contributed by atoms with Crippen molar-refractivity contribution in [2.45, 2.75) is 19.4 Å². The minimum Gasteiger partial charge on any atom is -0.497 e. The fourth-order valence-electron chi connectivity index (χ4n) is 2.22. The summed E-state index contributed by atoms with van der Waals surface area (Å²) in [6, 6.07) is 14.1. The molecule has 0 aliphatic heterocycles. The summed E-state index contributed by atoms with van der Waals surface area (Å²) in [5.41, 5.74) is 2.27. The molecule has 0 aliphatic carbocycles. The Kier molecular flexibility index (Phi) is 6.91. The molecule has 0 atom stereocenters. The molecule has 0 saturated heterocycles. The predicted molar refractivity (Wildman–Crippen MR) is 93.8 cm³/mol. The van der Waals surface area contributed by atoms with Crippen LogP contribution in [0.4, 0.5) is 0 Å². The van der Waals surface area contributed by atoms with Gasteiger partial charge in [0.05, 0.1) is 19.3 Å². The fraction of sp³-hybridized carbons (Fsp3) is 0.333. The lowest BCUT2D eigenvalue weighted by Crippen LogP contribution is -2.37. The molecule has 0 amide bonds. The molecule has 1 aromatic heterocycles. The van der Waals surface area contributed by atoms with Crippen LogP contribution in [0.15, 0.2) is 53.7 Å². The van der Waals surface area contributed by atoms with Gasteiger partial charge in [0.15, 0.2) is 5.96 Å². The van der Waals surface area contributed by atoms with Gasteiger partial charge in [-0.1, -0.05) is 18.2 Å². The highest BCUT2D eigenvalue weighted by molar-refractivity contribution is 5.79. The summed E-state index contributed by atoms with van der Waals surface area (Å²) in [5.74, 6) is 1.70. The zero-order chi connectivity index (χ0) is 16.3. The fourth-order valence-corrected chi connectivity index (χ4v) is 2.22. The lowest BCUT2D eigenvalue weighted by Gasteiger charge is -2.11. The van der Waals surface area contributed by atoms with Gasteiger partial charge in [-0.05, 0) is 42.7 Å². The Hall–Kier alpha value is -2.56. The summed E-state index contributed by atoms with van der Waals surface area (Å²) in [7, 11) is 3.47. The second-order valence-electron chi connectivity index (χ2n) is 5.13. The molecule has 0 spiro atoms. The van der Waals surface area contributed by atoms with Gasteiger partial charge in [-0.2, -0.15) is 0 Å². The molecule has 122 valence electrons. The molecule has 0 saturated carbocycles. The van der Waals surface area contributed by atoms with Crippen LogP contribution in [-0.4, -0.2) is 31.6 Å². The summed E-state index contributed by atoms with van der Waals surface area (Å²) < 4.78 is 5.24. The smallest absolute Gasteiger partial charge is 0.191 e. The van der Waals surface area contributed by atoms with Crippen molar-refractivity contribution in [1.29, 1.82) is 0 Å². The van der Waals surface area contributed by atoms with E-state index in [1.54, 1.807) is 20.4 Å². The summed E-state index contributed by atoms with van der Waals surface area (Å²) in [6.45, 7) is 1.52. The van der Waals surface area contributed by atoms with Crippen LogP contribution in [0.3, 0.4) is 0 Å². The van der Waals surface area contributed by atoms with E-state index in [4.69, 9.17) is 4.74 Å². The van der Waals surface area contributed by atoms with Crippen molar-refractivity contribution in [1.82, 2.24) is 15.6 Å². The average molecular weight is 312 g/mol. The molecule has 0 unspecified atom stereocenters. The molecule has 5 nitrogen and oxygen atoms in total. The van der Waals surface area contributed by atoms with Gasteiger partial charge in [0, 0.05) is 19.8 Å². The van der Waals surface area contributed by atoms with Gasteiger partial charge in [0.25, 0.3) is 0 Å². The van der Waals surface area contributed by atoms with Gasteiger partial charge in [-0.15, -0.1) is 0 Å². The van der Waals surface area contributed by atoms with Crippen LogP contribution in [0.2, 0.25) is 0 Å². The van der Waals surface area contributed by atoms with E-state index in [2.05, 4.69) is 32.7 Å². The first-order chi connectivity index (χ1) is 11.3. The average Bonchev–Trinajstić information content (AvgIpc) is 2.62. The van der Waals surface area contributed by atoms with Gasteiger partial charge in [-0.3, -0.25) is 9.98 Å². The van der Waals surface area contributed by atoms with Gasteiger partial charge in [0.2, 0.25) is 0 Å². The molecule has 2 rings (SSSR count). The van der Waals surface area contributed by atoms with Crippen LogP contribution >= 0.6 is 0 Å². The number of nitrogens with zero attached hydrogens (tertiary/aromatic N) is 2. The van der Waals surface area contributed by atoms with Gasteiger partial charge < -0.3 is 15.4 Å². The van der Waals surface area contributed by atoms with E-state index in [0.717, 1.165) is 36.8 Å². The number of methoxy groups -OCH3 is 1. The standard InChI is InChI=1S/C18H24N4O/c1-19-18(22-14-16-9-3-4-11-20-16)21-12-6-8-15-7-5-10-17(13-15)23-2/h3-5,7,9-11,13H,6,8,12,14H2,1-2H3,(H2,19,21,22). The highest BCUT2D eigenvalue weighted by Gasteiger charge is 2.00. The molecule has 0 fully saturated rings. The molecule has 0 radical (unpaired) electrons. The summed E-state index contributed by atoms with van der Waals surface area (Å²) in [6.07, 6.45) is 3.82. The minimum atomic E-state index is 0.663. The number of rotatable bonds is 7. The maximum absolute atomic E-state index is 5.24. The zero-order valence-electron chi connectivity index (χ0n) is 13.7. The summed E-state index contributed by atoms with van der Waals surface area (Å²) >= 11 is 0. The summed E-state index contributed by atoms with van der Waals surface area (Å²) in [4.78, 5) is 8.50. The largest absolute Gasteiger partial charge is 0.497 e. The van der Waals surface area contributed by atoms with E-state index in [1.165, 1.54) is 5.56 Å². The number of benzene rings is 1. The van der Waals surface area contributed by atoms with Crippen LogP contribution in [-0.2, 0) is 13.0 Å². The molecule has 0 bridgehead atoms. The SMILES string of the molecule is CN=C(NCCCc1cccc(OC)c1)NCc1ccccn1. The lowest BCUT2D eigenvalue weighted by molar-refractivity contribution is 0.414. The van der Waals surface area contributed by atoms with Gasteiger partial charge in [0.1, 0.15) is 5.75 Å². The van der Waals surface area contributed by atoms with Crippen molar-refractivity contribution >= 4 is 5.96 Å². The molecule has 5 heteroatoms. The molecule has 1 aromatic carbocycles. The van der Waals surface area contributed by atoms with Crippen LogP contribution in [0.1, 0.15) is 17.7 Å². The maximum atomic E-state index is 5.24. The number of guanidine groups is 1.